The minimum atomic E-state index is -3.02. The number of carbonyl (C=O) groups excluding carboxylic acids is 3. The van der Waals surface area contributed by atoms with E-state index < -0.39 is 30.9 Å². The zero-order valence-electron chi connectivity index (χ0n) is 13.5. The van der Waals surface area contributed by atoms with Crippen molar-refractivity contribution in [2.45, 2.75) is 19.5 Å². The lowest BCUT2D eigenvalue weighted by Crippen LogP contribution is -2.38. The molecule has 1 saturated heterocycles. The molecule has 9 heteroatoms. The van der Waals surface area contributed by atoms with Gasteiger partial charge in [0.2, 0.25) is 17.7 Å². The molecule has 0 unspecified atom stereocenters. The van der Waals surface area contributed by atoms with Crippen molar-refractivity contribution in [3.8, 4) is 5.75 Å². The van der Waals surface area contributed by atoms with Crippen LogP contribution >= 0.6 is 11.6 Å². The number of halogens is 3. The number of hydrogen-bond donors (Lipinski definition) is 1. The summed E-state index contributed by atoms with van der Waals surface area (Å²) in [5, 5.41) is 2.38. The first-order valence-electron chi connectivity index (χ1n) is 7.91. The Morgan fingerprint density at radius 2 is 1.85 bits per heavy atom. The fourth-order valence-electron chi connectivity index (χ4n) is 3.14. The van der Waals surface area contributed by atoms with Gasteiger partial charge in [0, 0.05) is 5.69 Å². The Morgan fingerprint density at radius 3 is 2.38 bits per heavy atom. The van der Waals surface area contributed by atoms with Crippen LogP contribution in [0.15, 0.2) is 30.4 Å². The molecule has 1 aromatic rings. The number of nitrogens with one attached hydrogen (secondary N) is 1. The number of nitrogens with zero attached hydrogens (tertiary/aromatic N) is 1. The van der Waals surface area contributed by atoms with E-state index in [0.717, 1.165) is 4.90 Å². The number of likely N-dealkylation sites (tertiary alicyclic amines) is 1. The molecule has 0 spiro atoms. The van der Waals surface area contributed by atoms with Gasteiger partial charge in [-0.1, -0.05) is 23.8 Å². The average molecular weight is 385 g/mol. The topological polar surface area (TPSA) is 75.7 Å². The summed E-state index contributed by atoms with van der Waals surface area (Å²) in [5.41, 5.74) is 0.236. The summed E-state index contributed by atoms with van der Waals surface area (Å²) in [6, 6.07) is 3.77. The number of allylic oxidation sites excluding steroid dienone is 2. The minimum Gasteiger partial charge on any atom is -0.433 e. The highest BCUT2D eigenvalue weighted by Crippen LogP contribution is 2.35. The zero-order chi connectivity index (χ0) is 18.8. The molecule has 0 radical (unpaired) electrons. The number of ether oxygens (including phenoxy) is 1. The van der Waals surface area contributed by atoms with E-state index in [-0.39, 0.29) is 28.3 Å². The van der Waals surface area contributed by atoms with Gasteiger partial charge in [0.1, 0.15) is 12.3 Å². The highest BCUT2D eigenvalue weighted by Gasteiger charge is 2.47. The van der Waals surface area contributed by atoms with E-state index in [4.69, 9.17) is 11.6 Å². The van der Waals surface area contributed by atoms with Crippen molar-refractivity contribution in [1.29, 1.82) is 0 Å². The van der Waals surface area contributed by atoms with Crippen LogP contribution in [0.5, 0.6) is 5.75 Å². The lowest BCUT2D eigenvalue weighted by molar-refractivity contribution is -0.142. The number of benzene rings is 1. The summed E-state index contributed by atoms with van der Waals surface area (Å²) in [5.74, 6) is -2.31. The SMILES string of the molecule is O=C(CN1C(=O)[C@H]2CC=CC[C@H]2C1=O)Nc1ccc(OC(F)F)c(Cl)c1. The Labute approximate surface area is 152 Å². The average Bonchev–Trinajstić information content (AvgIpc) is 2.82. The van der Waals surface area contributed by atoms with Crippen LogP contribution in [-0.2, 0) is 14.4 Å². The summed E-state index contributed by atoms with van der Waals surface area (Å²) < 4.78 is 28.6. The monoisotopic (exact) mass is 384 g/mol. The molecule has 1 heterocycles. The van der Waals surface area contributed by atoms with E-state index in [2.05, 4.69) is 10.1 Å². The van der Waals surface area contributed by atoms with Crippen LogP contribution in [0, 0.1) is 11.8 Å². The largest absolute Gasteiger partial charge is 0.433 e. The van der Waals surface area contributed by atoms with Crippen LogP contribution in [0.25, 0.3) is 0 Å². The number of fused-ring (bicyclic) bond motifs is 1. The summed E-state index contributed by atoms with van der Waals surface area (Å²) in [7, 11) is 0. The van der Waals surface area contributed by atoms with Crippen molar-refractivity contribution in [2.24, 2.45) is 11.8 Å². The number of imide groups is 1. The maximum absolute atomic E-state index is 12.3. The molecule has 3 rings (SSSR count). The summed E-state index contributed by atoms with van der Waals surface area (Å²) in [6.07, 6.45) is 4.71. The van der Waals surface area contributed by atoms with Gasteiger partial charge in [-0.15, -0.1) is 0 Å². The van der Waals surface area contributed by atoms with Gasteiger partial charge in [-0.3, -0.25) is 19.3 Å². The van der Waals surface area contributed by atoms with Crippen LogP contribution in [0.2, 0.25) is 5.02 Å². The standard InChI is InChI=1S/C17H15ClF2N2O4/c18-12-7-9(5-6-13(12)26-17(19)20)21-14(23)8-22-15(24)10-3-1-2-4-11(10)16(22)25/h1-2,5-7,10-11,17H,3-4,8H2,(H,21,23)/t10-,11+. The predicted octanol–water partition coefficient (Wildman–Crippen LogP) is 2.83. The highest BCUT2D eigenvalue weighted by atomic mass is 35.5. The summed E-state index contributed by atoms with van der Waals surface area (Å²) in [6.45, 7) is -3.42. The van der Waals surface area contributed by atoms with Crippen molar-refractivity contribution in [3.05, 3.63) is 35.4 Å². The number of hydrogen-bond acceptors (Lipinski definition) is 4. The van der Waals surface area contributed by atoms with Crippen molar-refractivity contribution >= 4 is 35.0 Å². The highest BCUT2D eigenvalue weighted by molar-refractivity contribution is 6.32. The molecule has 26 heavy (non-hydrogen) atoms. The van der Waals surface area contributed by atoms with Gasteiger partial charge in [-0.25, -0.2) is 0 Å². The molecule has 1 aromatic carbocycles. The van der Waals surface area contributed by atoms with Gasteiger partial charge in [-0.05, 0) is 31.0 Å². The maximum Gasteiger partial charge on any atom is 0.387 e. The van der Waals surface area contributed by atoms with Crippen LogP contribution in [-0.4, -0.2) is 35.8 Å². The van der Waals surface area contributed by atoms with Gasteiger partial charge in [-0.2, -0.15) is 8.78 Å². The maximum atomic E-state index is 12.3. The smallest absolute Gasteiger partial charge is 0.387 e. The molecular weight excluding hydrogens is 370 g/mol. The first-order valence-corrected chi connectivity index (χ1v) is 8.29. The summed E-state index contributed by atoms with van der Waals surface area (Å²) in [4.78, 5) is 37.8. The lowest BCUT2D eigenvalue weighted by atomic mass is 9.85. The Balaban J connectivity index is 1.63. The fourth-order valence-corrected chi connectivity index (χ4v) is 3.36. The van der Waals surface area contributed by atoms with E-state index in [1.54, 1.807) is 0 Å². The summed E-state index contributed by atoms with van der Waals surface area (Å²) >= 11 is 5.82. The van der Waals surface area contributed by atoms with E-state index >= 15 is 0 Å². The molecule has 3 amide bonds. The molecule has 1 aliphatic heterocycles. The first-order chi connectivity index (χ1) is 12.4. The minimum absolute atomic E-state index is 0.103. The number of anilines is 1. The predicted molar refractivity (Wildman–Crippen MR) is 88.8 cm³/mol. The van der Waals surface area contributed by atoms with Crippen LogP contribution in [0.3, 0.4) is 0 Å². The first kappa shape index (κ1) is 18.3. The van der Waals surface area contributed by atoms with E-state index in [1.807, 2.05) is 12.2 Å². The van der Waals surface area contributed by atoms with E-state index in [9.17, 15) is 23.2 Å². The van der Waals surface area contributed by atoms with E-state index in [1.165, 1.54) is 18.2 Å². The molecular formula is C17H15ClF2N2O4. The molecule has 0 aromatic heterocycles. The number of alkyl halides is 2. The van der Waals surface area contributed by atoms with Gasteiger partial charge in [0.25, 0.3) is 0 Å². The molecule has 0 bridgehead atoms. The Morgan fingerprint density at radius 1 is 1.23 bits per heavy atom. The fraction of sp³-hybridized carbons (Fsp3) is 0.353. The molecule has 138 valence electrons. The van der Waals surface area contributed by atoms with E-state index in [0.29, 0.717) is 12.8 Å². The normalized spacial score (nSPS) is 21.9. The zero-order valence-corrected chi connectivity index (χ0v) is 14.2. The molecule has 6 nitrogen and oxygen atoms in total. The second-order valence-corrected chi connectivity index (χ2v) is 6.40. The molecule has 1 aliphatic carbocycles. The third-order valence-corrected chi connectivity index (χ3v) is 4.63. The number of carbonyl (C=O) groups is 3. The third kappa shape index (κ3) is 3.70. The number of amides is 3. The Bertz CT molecular complexity index is 758. The molecule has 1 fully saturated rings. The number of rotatable bonds is 5. The van der Waals surface area contributed by atoms with Gasteiger partial charge < -0.3 is 10.1 Å². The van der Waals surface area contributed by atoms with Gasteiger partial charge in [0.05, 0.1) is 16.9 Å². The van der Waals surface area contributed by atoms with Crippen molar-refractivity contribution in [1.82, 2.24) is 4.90 Å². The van der Waals surface area contributed by atoms with Crippen molar-refractivity contribution in [3.63, 3.8) is 0 Å². The van der Waals surface area contributed by atoms with Crippen LogP contribution in [0.4, 0.5) is 14.5 Å². The van der Waals surface area contributed by atoms with Crippen molar-refractivity contribution in [2.75, 3.05) is 11.9 Å². The molecule has 1 N–H and O–H groups in total. The Kier molecular flexibility index (Phi) is 5.22. The molecule has 2 atom stereocenters. The second-order valence-electron chi connectivity index (χ2n) is 5.99. The van der Waals surface area contributed by atoms with Crippen LogP contribution in [0.1, 0.15) is 12.8 Å². The Hall–Kier alpha value is -2.48. The lowest BCUT2D eigenvalue weighted by Gasteiger charge is -2.15. The van der Waals surface area contributed by atoms with Gasteiger partial charge in [0.15, 0.2) is 0 Å². The van der Waals surface area contributed by atoms with Gasteiger partial charge >= 0.3 is 6.61 Å². The molecule has 2 aliphatic rings. The second kappa shape index (κ2) is 7.41. The van der Waals surface area contributed by atoms with Crippen LogP contribution < -0.4 is 10.1 Å². The third-order valence-electron chi connectivity index (χ3n) is 4.33. The van der Waals surface area contributed by atoms with Crippen molar-refractivity contribution < 1.29 is 27.9 Å². The molecule has 0 saturated carbocycles. The quantitative estimate of drug-likeness (QED) is 0.625.